The van der Waals surface area contributed by atoms with Gasteiger partial charge in [0.2, 0.25) is 0 Å². The van der Waals surface area contributed by atoms with Crippen LogP contribution >= 0.6 is 0 Å². The summed E-state index contributed by atoms with van der Waals surface area (Å²) in [5.74, 6) is -1.22. The highest BCUT2D eigenvalue weighted by Gasteiger charge is 2.20. The molecule has 0 radical (unpaired) electrons. The number of pyridine rings is 1. The Bertz CT molecular complexity index is 1120. The van der Waals surface area contributed by atoms with Crippen LogP contribution in [-0.4, -0.2) is 19.7 Å². The first kappa shape index (κ1) is 17.0. The lowest BCUT2D eigenvalue weighted by atomic mass is 10.1. The molecule has 2 aromatic carbocycles. The first-order chi connectivity index (χ1) is 13.0. The van der Waals surface area contributed by atoms with Gasteiger partial charge in [-0.15, -0.1) is 5.10 Å². The van der Waals surface area contributed by atoms with Gasteiger partial charge in [0.25, 0.3) is 0 Å². The van der Waals surface area contributed by atoms with Crippen LogP contribution in [-0.2, 0) is 0 Å². The quantitative estimate of drug-likeness (QED) is 0.521. The average molecular weight is 362 g/mol. The van der Waals surface area contributed by atoms with Gasteiger partial charge in [0, 0.05) is 18.0 Å². The molecular formula is C21H16F2N4. The molecule has 0 fully saturated rings. The number of aromatic nitrogens is 4. The third-order valence-electron chi connectivity index (χ3n) is 4.32. The summed E-state index contributed by atoms with van der Waals surface area (Å²) < 4.78 is 29.9. The molecule has 2 aromatic heterocycles. The Balaban J connectivity index is 1.99. The van der Waals surface area contributed by atoms with Crippen molar-refractivity contribution in [3.63, 3.8) is 0 Å². The summed E-state index contributed by atoms with van der Waals surface area (Å²) in [5, 5.41) is 4.58. The molecule has 2 heterocycles. The van der Waals surface area contributed by atoms with Gasteiger partial charge in [-0.3, -0.25) is 4.98 Å². The van der Waals surface area contributed by atoms with Gasteiger partial charge in [0.1, 0.15) is 0 Å². The molecule has 0 saturated heterocycles. The number of benzene rings is 2. The number of hydrogen-bond acceptors (Lipinski definition) is 3. The second-order valence-corrected chi connectivity index (χ2v) is 6.30. The summed E-state index contributed by atoms with van der Waals surface area (Å²) >= 11 is 0. The third kappa shape index (κ3) is 3.10. The average Bonchev–Trinajstić information content (AvgIpc) is 3.09. The summed E-state index contributed by atoms with van der Waals surface area (Å²) in [7, 11) is 0. The molecule has 134 valence electrons. The Morgan fingerprint density at radius 2 is 1.70 bits per heavy atom. The molecule has 0 amide bonds. The lowest BCUT2D eigenvalue weighted by Crippen LogP contribution is -2.04. The van der Waals surface area contributed by atoms with Gasteiger partial charge >= 0.3 is 0 Å². The molecule has 4 aromatic rings. The Morgan fingerprint density at radius 3 is 2.44 bits per heavy atom. The van der Waals surface area contributed by atoms with Gasteiger partial charge < -0.3 is 0 Å². The molecule has 0 atom stereocenters. The van der Waals surface area contributed by atoms with E-state index in [1.54, 1.807) is 29.2 Å². The fourth-order valence-corrected chi connectivity index (χ4v) is 3.00. The van der Waals surface area contributed by atoms with Gasteiger partial charge in [-0.05, 0) is 49.7 Å². The van der Waals surface area contributed by atoms with E-state index in [1.165, 1.54) is 12.1 Å². The summed E-state index contributed by atoms with van der Waals surface area (Å²) in [6.45, 7) is 3.94. The monoisotopic (exact) mass is 362 g/mol. The highest BCUT2D eigenvalue weighted by atomic mass is 19.2. The molecular weight excluding hydrogens is 346 g/mol. The number of nitrogens with zero attached hydrogens (tertiary/aromatic N) is 4. The van der Waals surface area contributed by atoms with Crippen molar-refractivity contribution in [2.75, 3.05) is 0 Å². The summed E-state index contributed by atoms with van der Waals surface area (Å²) in [6, 6.07) is 13.4. The van der Waals surface area contributed by atoms with Crippen LogP contribution in [0.1, 0.15) is 11.1 Å². The first-order valence-corrected chi connectivity index (χ1v) is 8.44. The Hall–Kier alpha value is -3.41. The lowest BCUT2D eigenvalue weighted by molar-refractivity contribution is 0.510. The molecule has 0 N–H and O–H groups in total. The van der Waals surface area contributed by atoms with Crippen molar-refractivity contribution >= 4 is 0 Å². The molecule has 0 saturated carbocycles. The minimum absolute atomic E-state index is 0.0581. The largest absolute Gasteiger partial charge is 0.265 e. The smallest absolute Gasteiger partial charge is 0.182 e. The van der Waals surface area contributed by atoms with Crippen molar-refractivity contribution in [2.45, 2.75) is 13.8 Å². The fourth-order valence-electron chi connectivity index (χ4n) is 3.00. The molecule has 4 nitrogen and oxygen atoms in total. The van der Waals surface area contributed by atoms with Gasteiger partial charge in [-0.1, -0.05) is 23.8 Å². The van der Waals surface area contributed by atoms with Gasteiger partial charge in [0.15, 0.2) is 23.3 Å². The molecule has 0 unspecified atom stereocenters. The molecule has 4 rings (SSSR count). The Morgan fingerprint density at radius 1 is 0.926 bits per heavy atom. The number of rotatable bonds is 3. The summed E-state index contributed by atoms with van der Waals surface area (Å²) in [4.78, 5) is 8.50. The minimum Gasteiger partial charge on any atom is -0.265 e. The van der Waals surface area contributed by atoms with Crippen molar-refractivity contribution in [3.8, 4) is 28.5 Å². The van der Waals surface area contributed by atoms with E-state index in [1.807, 2.05) is 32.0 Å². The van der Waals surface area contributed by atoms with Crippen LogP contribution in [0.4, 0.5) is 8.78 Å². The van der Waals surface area contributed by atoms with E-state index in [0.29, 0.717) is 5.82 Å². The summed E-state index contributed by atoms with van der Waals surface area (Å²) in [6.07, 6.45) is 3.27. The summed E-state index contributed by atoms with van der Waals surface area (Å²) in [5.41, 5.74) is 3.62. The second-order valence-electron chi connectivity index (χ2n) is 6.30. The van der Waals surface area contributed by atoms with Crippen LogP contribution in [0.2, 0.25) is 0 Å². The number of halogens is 2. The van der Waals surface area contributed by atoms with E-state index < -0.39 is 11.6 Å². The highest BCUT2D eigenvalue weighted by molar-refractivity contribution is 5.64. The predicted octanol–water partition coefficient (Wildman–Crippen LogP) is 4.89. The predicted molar refractivity (Wildman–Crippen MR) is 99.4 cm³/mol. The molecule has 27 heavy (non-hydrogen) atoms. The standard InChI is InChI=1S/C21H16F2N4/c1-13-6-7-18(14(2)12-13)27-21(16-4-3-5-17(22)19(16)23)25-20(26-27)15-8-10-24-11-9-15/h3-12H,1-2H3. The fraction of sp³-hybridized carbons (Fsp3) is 0.0952. The first-order valence-electron chi connectivity index (χ1n) is 8.44. The minimum atomic E-state index is -0.947. The van der Waals surface area contributed by atoms with Crippen molar-refractivity contribution in [1.29, 1.82) is 0 Å². The van der Waals surface area contributed by atoms with Crippen LogP contribution in [0, 0.1) is 25.5 Å². The zero-order valence-electron chi connectivity index (χ0n) is 14.8. The topological polar surface area (TPSA) is 43.6 Å². The van der Waals surface area contributed by atoms with Crippen LogP contribution in [0.25, 0.3) is 28.5 Å². The van der Waals surface area contributed by atoms with E-state index >= 15 is 0 Å². The van der Waals surface area contributed by atoms with Crippen molar-refractivity contribution < 1.29 is 8.78 Å². The van der Waals surface area contributed by atoms with Crippen LogP contribution in [0.3, 0.4) is 0 Å². The SMILES string of the molecule is Cc1ccc(-n2nc(-c3ccncc3)nc2-c2cccc(F)c2F)c(C)c1. The van der Waals surface area contributed by atoms with Crippen LogP contribution in [0.15, 0.2) is 60.9 Å². The van der Waals surface area contributed by atoms with Gasteiger partial charge in [0.05, 0.1) is 11.3 Å². The Kier molecular flexibility index (Phi) is 4.24. The number of aryl methyl sites for hydroxylation is 2. The number of hydrogen-bond donors (Lipinski definition) is 0. The zero-order valence-corrected chi connectivity index (χ0v) is 14.8. The van der Waals surface area contributed by atoms with E-state index in [2.05, 4.69) is 15.1 Å². The maximum Gasteiger partial charge on any atom is 0.182 e. The van der Waals surface area contributed by atoms with Crippen LogP contribution < -0.4 is 0 Å². The molecule has 0 bridgehead atoms. The van der Waals surface area contributed by atoms with Crippen LogP contribution in [0.5, 0.6) is 0 Å². The normalized spacial score (nSPS) is 11.0. The molecule has 6 heteroatoms. The van der Waals surface area contributed by atoms with E-state index in [9.17, 15) is 8.78 Å². The molecule has 0 aliphatic carbocycles. The van der Waals surface area contributed by atoms with E-state index in [-0.39, 0.29) is 11.4 Å². The maximum absolute atomic E-state index is 14.5. The van der Waals surface area contributed by atoms with Crippen molar-refractivity contribution in [1.82, 2.24) is 19.7 Å². The molecule has 0 aliphatic heterocycles. The van der Waals surface area contributed by atoms with Gasteiger partial charge in [-0.25, -0.2) is 18.4 Å². The highest BCUT2D eigenvalue weighted by Crippen LogP contribution is 2.29. The second kappa shape index (κ2) is 6.72. The van der Waals surface area contributed by atoms with Crippen molar-refractivity contribution in [3.05, 3.63) is 83.7 Å². The molecule has 0 spiro atoms. The lowest BCUT2D eigenvalue weighted by Gasteiger charge is -2.10. The van der Waals surface area contributed by atoms with E-state index in [0.717, 1.165) is 28.4 Å². The van der Waals surface area contributed by atoms with Crippen molar-refractivity contribution in [2.24, 2.45) is 0 Å². The zero-order chi connectivity index (χ0) is 19.0. The third-order valence-corrected chi connectivity index (χ3v) is 4.32. The van der Waals surface area contributed by atoms with E-state index in [4.69, 9.17) is 0 Å². The molecule has 0 aliphatic rings. The van der Waals surface area contributed by atoms with Gasteiger partial charge in [-0.2, -0.15) is 0 Å². The Labute approximate surface area is 155 Å². The maximum atomic E-state index is 14.5.